The number of rotatable bonds is 11. The lowest BCUT2D eigenvalue weighted by atomic mass is 9.44. The number of Topliss-reactive ketones (excluding diaryl/α,β-unsaturated/α-hetero) is 1. The van der Waals surface area contributed by atoms with Crippen molar-refractivity contribution in [2.45, 2.75) is 111 Å². The van der Waals surface area contributed by atoms with Crippen molar-refractivity contribution < 1.29 is 48.3 Å². The fourth-order valence-electron chi connectivity index (χ4n) is 9.37. The topological polar surface area (TPSA) is 146 Å². The van der Waals surface area contributed by atoms with Crippen molar-refractivity contribution in [1.29, 1.82) is 0 Å². The molecule has 4 fully saturated rings. The van der Waals surface area contributed by atoms with Gasteiger partial charge in [-0.05, 0) is 105 Å². The van der Waals surface area contributed by atoms with E-state index in [1.807, 2.05) is 0 Å². The summed E-state index contributed by atoms with van der Waals surface area (Å²) < 4.78 is 20.5. The number of esters is 2. The molecule has 0 aromatic heterocycles. The predicted molar refractivity (Wildman–Crippen MR) is 151 cm³/mol. The summed E-state index contributed by atoms with van der Waals surface area (Å²) in [5.74, 6) is 1.36. The molecule has 4 aliphatic carbocycles. The Balaban J connectivity index is 1.18. The van der Waals surface area contributed by atoms with Crippen LogP contribution in [0.15, 0.2) is 0 Å². The molecule has 42 heavy (non-hydrogen) atoms. The fraction of sp³-hybridized carbons (Fsp3) is 0.875. The molecule has 0 aliphatic heterocycles. The molecule has 238 valence electrons. The third kappa shape index (κ3) is 6.95. The number of fused-ring (bicyclic) bond motifs is 5. The molecule has 4 rings (SSSR count). The zero-order valence-electron chi connectivity index (χ0n) is 25.7. The van der Waals surface area contributed by atoms with Gasteiger partial charge in [0, 0.05) is 18.8 Å². The first-order valence-electron chi connectivity index (χ1n) is 15.8. The molecule has 0 spiro atoms. The Kier molecular flexibility index (Phi) is 10.6. The van der Waals surface area contributed by atoms with Crippen molar-refractivity contribution in [2.24, 2.45) is 46.3 Å². The van der Waals surface area contributed by atoms with Crippen LogP contribution in [-0.2, 0) is 33.3 Å². The molecule has 4 saturated carbocycles. The summed E-state index contributed by atoms with van der Waals surface area (Å²) >= 11 is 0. The van der Waals surface area contributed by atoms with E-state index in [2.05, 4.69) is 13.8 Å². The molecule has 10 nitrogen and oxygen atoms in total. The average Bonchev–Trinajstić information content (AvgIpc) is 3.29. The van der Waals surface area contributed by atoms with Gasteiger partial charge in [-0.3, -0.25) is 14.4 Å². The van der Waals surface area contributed by atoms with Gasteiger partial charge >= 0.3 is 18.1 Å². The van der Waals surface area contributed by atoms with Gasteiger partial charge in [0.2, 0.25) is 6.79 Å². The minimum Gasteiger partial charge on any atom is -0.457 e. The molecule has 0 amide bonds. The third-order valence-corrected chi connectivity index (χ3v) is 11.5. The van der Waals surface area contributed by atoms with E-state index in [4.69, 9.17) is 29.2 Å². The summed E-state index contributed by atoms with van der Waals surface area (Å²) in [6, 6.07) is 0. The van der Waals surface area contributed by atoms with E-state index >= 15 is 0 Å². The van der Waals surface area contributed by atoms with Gasteiger partial charge in [0.25, 0.3) is 0 Å². The van der Waals surface area contributed by atoms with Crippen LogP contribution in [-0.4, -0.2) is 66.3 Å². The fourth-order valence-corrected chi connectivity index (χ4v) is 9.37. The monoisotopic (exact) mass is 594 g/mol. The van der Waals surface area contributed by atoms with E-state index in [-0.39, 0.29) is 35.7 Å². The number of hydrogen-bond acceptors (Lipinski definition) is 10. The van der Waals surface area contributed by atoms with Crippen molar-refractivity contribution in [3.63, 3.8) is 0 Å². The van der Waals surface area contributed by atoms with Crippen molar-refractivity contribution in [3.05, 3.63) is 0 Å². The van der Waals surface area contributed by atoms with Crippen LogP contribution in [0.5, 0.6) is 0 Å². The minimum atomic E-state index is -0.985. The van der Waals surface area contributed by atoms with Gasteiger partial charge in [0.15, 0.2) is 0 Å². The number of hydrogen-bond donors (Lipinski definition) is 2. The second-order valence-corrected chi connectivity index (χ2v) is 14.0. The lowest BCUT2D eigenvalue weighted by molar-refractivity contribution is -0.158. The number of aliphatic hydroxyl groups is 2. The minimum absolute atomic E-state index is 0.0864. The Morgan fingerprint density at radius 1 is 0.833 bits per heavy atom. The van der Waals surface area contributed by atoms with Crippen molar-refractivity contribution in [3.8, 4) is 0 Å². The predicted octanol–water partition coefficient (Wildman–Crippen LogP) is 4.57. The Labute approximate surface area is 249 Å². The highest BCUT2D eigenvalue weighted by Gasteiger charge is 2.61. The molecular weight excluding hydrogens is 544 g/mol. The number of aliphatic hydroxyl groups excluding tert-OH is 2. The average molecular weight is 595 g/mol. The van der Waals surface area contributed by atoms with Crippen LogP contribution in [0, 0.1) is 46.3 Å². The van der Waals surface area contributed by atoms with Crippen LogP contribution in [0.25, 0.3) is 0 Å². The quantitative estimate of drug-likeness (QED) is 0.198. The van der Waals surface area contributed by atoms with Gasteiger partial charge in [-0.2, -0.15) is 0 Å². The second kappa shape index (κ2) is 13.6. The van der Waals surface area contributed by atoms with Crippen LogP contribution < -0.4 is 0 Å². The maximum absolute atomic E-state index is 12.4. The molecule has 9 atom stereocenters. The first-order chi connectivity index (χ1) is 19.9. The van der Waals surface area contributed by atoms with Crippen molar-refractivity contribution in [2.75, 3.05) is 20.0 Å². The summed E-state index contributed by atoms with van der Waals surface area (Å²) in [7, 11) is 0. The van der Waals surface area contributed by atoms with Gasteiger partial charge < -0.3 is 29.2 Å². The van der Waals surface area contributed by atoms with Crippen LogP contribution in [0.1, 0.15) is 98.3 Å². The van der Waals surface area contributed by atoms with E-state index < -0.39 is 50.1 Å². The molecule has 0 aromatic carbocycles. The van der Waals surface area contributed by atoms with Gasteiger partial charge in [-0.1, -0.05) is 20.8 Å². The molecule has 2 N–H and O–H groups in total. The zero-order chi connectivity index (χ0) is 30.7. The van der Waals surface area contributed by atoms with E-state index in [9.17, 15) is 19.2 Å². The first kappa shape index (κ1) is 32.7. The number of ketones is 1. The summed E-state index contributed by atoms with van der Waals surface area (Å²) in [4.78, 5) is 48.7. The molecule has 0 radical (unpaired) electrons. The Bertz CT molecular complexity index is 994. The highest BCUT2D eigenvalue weighted by atomic mass is 16.8. The molecule has 0 saturated heterocycles. The van der Waals surface area contributed by atoms with Crippen LogP contribution >= 0.6 is 0 Å². The number of carbonyl (C=O) groups is 4. The largest absolute Gasteiger partial charge is 0.511 e. The number of carbonyl (C=O) groups excluding carboxylic acids is 4. The maximum Gasteiger partial charge on any atom is 0.511 e. The maximum atomic E-state index is 12.4. The van der Waals surface area contributed by atoms with E-state index in [0.717, 1.165) is 38.5 Å². The van der Waals surface area contributed by atoms with Gasteiger partial charge in [-0.25, -0.2) is 4.79 Å². The smallest absolute Gasteiger partial charge is 0.457 e. The first-order valence-corrected chi connectivity index (χ1v) is 15.8. The van der Waals surface area contributed by atoms with Crippen molar-refractivity contribution in [1.82, 2.24) is 0 Å². The molecule has 0 bridgehead atoms. The molecule has 0 aromatic rings. The molecular formula is C32H50O10. The second-order valence-electron chi connectivity index (χ2n) is 14.0. The molecule has 2 unspecified atom stereocenters. The molecule has 10 heteroatoms. The Morgan fingerprint density at radius 3 is 2.19 bits per heavy atom. The molecule has 4 aliphatic rings. The van der Waals surface area contributed by atoms with Gasteiger partial charge in [-0.15, -0.1) is 0 Å². The normalized spacial score (nSPS) is 36.2. The van der Waals surface area contributed by atoms with Crippen molar-refractivity contribution >= 4 is 23.9 Å². The lowest BCUT2D eigenvalue weighted by Gasteiger charge is -2.61. The molecule has 0 heterocycles. The third-order valence-electron chi connectivity index (χ3n) is 11.5. The lowest BCUT2D eigenvalue weighted by Crippen LogP contribution is -2.54. The van der Waals surface area contributed by atoms with E-state index in [0.29, 0.717) is 29.5 Å². The summed E-state index contributed by atoms with van der Waals surface area (Å²) in [6.45, 7) is 6.72. The van der Waals surface area contributed by atoms with Crippen LogP contribution in [0.3, 0.4) is 0 Å². The van der Waals surface area contributed by atoms with Gasteiger partial charge in [0.1, 0.15) is 18.0 Å². The number of ether oxygens (including phenoxy) is 4. The highest BCUT2D eigenvalue weighted by molar-refractivity contribution is 5.79. The van der Waals surface area contributed by atoms with E-state index in [1.165, 1.54) is 19.3 Å². The summed E-state index contributed by atoms with van der Waals surface area (Å²) in [5.41, 5.74) is 0.371. The highest BCUT2D eigenvalue weighted by Crippen LogP contribution is 2.67. The SMILES string of the molecule is CC(=O)C1CC[C@H]2[C@@H]3CC[C@H]4C[C@H](OC(=O)OCOC(=O)CC(C)CC(=O)OC(CO)CO)CC[C@]4(C)[C@H]3CC[C@]12C. The Morgan fingerprint density at radius 2 is 1.50 bits per heavy atom. The van der Waals surface area contributed by atoms with Crippen LogP contribution in [0.2, 0.25) is 0 Å². The van der Waals surface area contributed by atoms with E-state index in [1.54, 1.807) is 13.8 Å². The summed E-state index contributed by atoms with van der Waals surface area (Å²) in [5, 5.41) is 18.0. The standard InChI is InChI=1S/C32H50O10/c1-19(14-29(37)41-23(16-33)17-34)13-28(36)39-18-40-30(38)42-22-9-11-31(3)21(15-22)5-6-24-26-8-7-25(20(2)35)32(26,4)12-10-27(24)31/h19,21-27,33-34H,5-18H2,1-4H3/t19?,21-,22+,24-,25?,26-,27-,31-,32+/m0/s1. The van der Waals surface area contributed by atoms with Crippen LogP contribution in [0.4, 0.5) is 4.79 Å². The Hall–Kier alpha value is -2.20. The van der Waals surface area contributed by atoms with Gasteiger partial charge in [0.05, 0.1) is 13.2 Å². The zero-order valence-corrected chi connectivity index (χ0v) is 25.7. The summed E-state index contributed by atoms with van der Waals surface area (Å²) in [6.07, 6.45) is 7.19.